The monoisotopic (exact) mass is 198 g/mol. The lowest BCUT2D eigenvalue weighted by molar-refractivity contribution is 1.38. The third-order valence-corrected chi connectivity index (χ3v) is 2.43. The maximum atomic E-state index is 5.38. The molecule has 0 bridgehead atoms. The van der Waals surface area contributed by atoms with Gasteiger partial charge >= 0.3 is 0 Å². The Morgan fingerprint density at radius 3 is 2.67 bits per heavy atom. The average Bonchev–Trinajstić information content (AvgIpc) is 1.80. The van der Waals surface area contributed by atoms with Crippen LogP contribution in [0.4, 0.5) is 5.82 Å². The van der Waals surface area contributed by atoms with Crippen LogP contribution in [-0.4, -0.2) is 21.3 Å². The molecule has 9 heavy (non-hydrogen) atoms. The molecular formula is C5H4AlBrN2. The summed E-state index contributed by atoms with van der Waals surface area (Å²) >= 11 is 5.77. The first-order valence-corrected chi connectivity index (χ1v) is 3.74. The van der Waals surface area contributed by atoms with E-state index in [0.29, 0.717) is 5.82 Å². The van der Waals surface area contributed by atoms with Gasteiger partial charge in [0.25, 0.3) is 0 Å². The molecule has 2 N–H and O–H groups in total. The molecule has 2 nitrogen and oxygen atoms in total. The Hall–Kier alpha value is -0.0375. The summed E-state index contributed by atoms with van der Waals surface area (Å²) in [7, 11) is 0. The van der Waals surface area contributed by atoms with E-state index in [1.165, 1.54) is 0 Å². The van der Waals surface area contributed by atoms with E-state index < -0.39 is 0 Å². The predicted octanol–water partition coefficient (Wildman–Crippen LogP) is 0.220. The number of hydrogen-bond donors (Lipinski definition) is 1. The lowest BCUT2D eigenvalue weighted by Crippen LogP contribution is -2.11. The van der Waals surface area contributed by atoms with Gasteiger partial charge in [-0.05, 0) is 16.7 Å². The van der Waals surface area contributed by atoms with Gasteiger partial charge in [-0.3, -0.25) is 4.98 Å². The quantitative estimate of drug-likeness (QED) is 0.607. The second-order valence-corrected chi connectivity index (χ2v) is 3.00. The Labute approximate surface area is 70.0 Å². The lowest BCUT2D eigenvalue weighted by Gasteiger charge is -1.97. The minimum atomic E-state index is 0.545. The zero-order chi connectivity index (χ0) is 6.85. The molecule has 0 unspecified atom stereocenters. The van der Waals surface area contributed by atoms with Gasteiger partial charge in [0.15, 0.2) is 0 Å². The first-order valence-electron chi connectivity index (χ1n) is 2.37. The molecule has 0 fully saturated rings. The molecule has 2 radical (unpaired) electrons. The number of anilines is 1. The van der Waals surface area contributed by atoms with Crippen molar-refractivity contribution in [1.29, 1.82) is 0 Å². The van der Waals surface area contributed by atoms with Crippen molar-refractivity contribution in [2.75, 3.05) is 5.73 Å². The van der Waals surface area contributed by atoms with Gasteiger partial charge in [0.1, 0.15) is 5.82 Å². The van der Waals surface area contributed by atoms with E-state index in [2.05, 4.69) is 37.2 Å². The van der Waals surface area contributed by atoms with Crippen LogP contribution in [0.15, 0.2) is 16.6 Å². The molecule has 0 amide bonds. The summed E-state index contributed by atoms with van der Waals surface area (Å²) in [5.41, 5.74) is 5.38. The SMILES string of the molecule is Nc1ccc(Br)[c]([Al])n1. The molecule has 4 heteroatoms. The maximum Gasteiger partial charge on any atom is 0.211 e. The minimum absolute atomic E-state index is 0.545. The summed E-state index contributed by atoms with van der Waals surface area (Å²) in [5, 5.41) is 0. The highest BCUT2D eigenvalue weighted by molar-refractivity contribution is 9.10. The Balaban J connectivity index is 3.17. The van der Waals surface area contributed by atoms with Gasteiger partial charge in [-0.1, -0.05) is 15.9 Å². The van der Waals surface area contributed by atoms with Crippen LogP contribution >= 0.6 is 15.9 Å². The molecule has 1 aromatic rings. The van der Waals surface area contributed by atoms with E-state index >= 15 is 0 Å². The molecule has 0 saturated carbocycles. The van der Waals surface area contributed by atoms with Crippen molar-refractivity contribution in [3.05, 3.63) is 16.6 Å². The molecule has 0 aliphatic rings. The van der Waals surface area contributed by atoms with Crippen LogP contribution in [0, 0.1) is 0 Å². The first kappa shape index (κ1) is 7.07. The molecule has 0 saturated heterocycles. The number of nitrogen functional groups attached to an aromatic ring is 1. The smallest absolute Gasteiger partial charge is 0.211 e. The zero-order valence-electron chi connectivity index (χ0n) is 4.63. The van der Waals surface area contributed by atoms with Gasteiger partial charge in [-0.25, -0.2) is 0 Å². The highest BCUT2D eigenvalue weighted by Crippen LogP contribution is 2.04. The standard InChI is InChI=1S/C5H4BrN2.Al/c6-4-1-2-5(7)8-3-4;/h1-2H,(H2,7,8);. The lowest BCUT2D eigenvalue weighted by atomic mass is 10.5. The highest BCUT2D eigenvalue weighted by Gasteiger charge is 1.91. The fourth-order valence-electron chi connectivity index (χ4n) is 0.474. The molecule has 44 valence electrons. The number of nitrogens with zero attached hydrogens (tertiary/aromatic N) is 1. The van der Waals surface area contributed by atoms with Crippen molar-refractivity contribution < 1.29 is 0 Å². The molecule has 1 aromatic heterocycles. The van der Waals surface area contributed by atoms with E-state index in [1.807, 2.05) is 6.07 Å². The van der Waals surface area contributed by atoms with Crippen molar-refractivity contribution in [3.63, 3.8) is 0 Å². The number of aromatic nitrogens is 1. The van der Waals surface area contributed by atoms with Crippen molar-refractivity contribution in [3.8, 4) is 0 Å². The summed E-state index contributed by atoms with van der Waals surface area (Å²) in [6, 6.07) is 3.61. The second kappa shape index (κ2) is 2.70. The number of rotatable bonds is 0. The Morgan fingerprint density at radius 1 is 1.56 bits per heavy atom. The van der Waals surface area contributed by atoms with E-state index in [9.17, 15) is 0 Å². The van der Waals surface area contributed by atoms with Gasteiger partial charge in [-0.15, -0.1) is 0 Å². The normalized spacial score (nSPS) is 9.44. The average molecular weight is 199 g/mol. The molecule has 1 rings (SSSR count). The van der Waals surface area contributed by atoms with E-state index in [1.54, 1.807) is 6.07 Å². The summed E-state index contributed by atoms with van der Waals surface area (Å²) in [5.74, 6) is 0.545. The fourth-order valence-corrected chi connectivity index (χ4v) is 0.940. The Bertz CT molecular complexity index is 226. The fraction of sp³-hybridized carbons (Fsp3) is 0. The summed E-state index contributed by atoms with van der Waals surface area (Å²) < 4.78 is 1.80. The van der Waals surface area contributed by atoms with Crippen molar-refractivity contribution in [2.24, 2.45) is 0 Å². The summed E-state index contributed by atoms with van der Waals surface area (Å²) in [6.45, 7) is 0. The summed E-state index contributed by atoms with van der Waals surface area (Å²) in [4.78, 5) is 3.97. The number of hydrogen-bond acceptors (Lipinski definition) is 2. The van der Waals surface area contributed by atoms with Crippen LogP contribution in [0.5, 0.6) is 0 Å². The van der Waals surface area contributed by atoms with Gasteiger partial charge in [0.2, 0.25) is 16.3 Å². The van der Waals surface area contributed by atoms with Crippen LogP contribution < -0.4 is 10.3 Å². The Kier molecular flexibility index (Phi) is 2.12. The van der Waals surface area contributed by atoms with Crippen LogP contribution in [0.2, 0.25) is 0 Å². The van der Waals surface area contributed by atoms with Crippen molar-refractivity contribution in [2.45, 2.75) is 0 Å². The molecule has 0 aliphatic heterocycles. The molecule has 0 atom stereocenters. The zero-order valence-corrected chi connectivity index (χ0v) is 7.38. The molecular weight excluding hydrogens is 195 g/mol. The Morgan fingerprint density at radius 2 is 2.22 bits per heavy atom. The van der Waals surface area contributed by atoms with Crippen LogP contribution in [0.1, 0.15) is 0 Å². The van der Waals surface area contributed by atoms with Crippen LogP contribution in [-0.2, 0) is 0 Å². The third-order valence-electron chi connectivity index (χ3n) is 0.895. The number of halogens is 1. The van der Waals surface area contributed by atoms with Gasteiger partial charge < -0.3 is 5.73 Å². The van der Waals surface area contributed by atoms with Crippen molar-refractivity contribution in [1.82, 2.24) is 4.98 Å². The second-order valence-electron chi connectivity index (χ2n) is 1.60. The molecule has 0 aromatic carbocycles. The van der Waals surface area contributed by atoms with Gasteiger partial charge in [-0.2, -0.15) is 0 Å². The van der Waals surface area contributed by atoms with Gasteiger partial charge in [0, 0.05) is 4.47 Å². The number of nitrogens with two attached hydrogens (primary N) is 1. The first-order chi connectivity index (χ1) is 4.20. The molecule has 0 aliphatic carbocycles. The van der Waals surface area contributed by atoms with Crippen molar-refractivity contribution >= 4 is 42.6 Å². The summed E-state index contributed by atoms with van der Waals surface area (Å²) in [6.07, 6.45) is 0. The maximum absolute atomic E-state index is 5.38. The van der Waals surface area contributed by atoms with E-state index in [-0.39, 0.29) is 0 Å². The topological polar surface area (TPSA) is 38.9 Å². The van der Waals surface area contributed by atoms with E-state index in [0.717, 1.165) is 9.03 Å². The largest absolute Gasteiger partial charge is 0.384 e. The minimum Gasteiger partial charge on any atom is -0.384 e. The highest BCUT2D eigenvalue weighted by atomic mass is 79.9. The van der Waals surface area contributed by atoms with Crippen LogP contribution in [0.3, 0.4) is 0 Å². The molecule has 1 heterocycles. The third kappa shape index (κ3) is 1.68. The predicted molar refractivity (Wildman–Crippen MR) is 41.7 cm³/mol. The van der Waals surface area contributed by atoms with E-state index in [4.69, 9.17) is 5.73 Å². The van der Waals surface area contributed by atoms with Gasteiger partial charge in [0.05, 0.1) is 0 Å². The molecule has 0 spiro atoms. The number of pyridine rings is 1. The van der Waals surface area contributed by atoms with Crippen LogP contribution in [0.25, 0.3) is 0 Å².